The smallest absolute Gasteiger partial charge is 0.223 e. The Morgan fingerprint density at radius 2 is 1.79 bits per heavy atom. The van der Waals surface area contributed by atoms with Crippen molar-refractivity contribution in [1.82, 2.24) is 9.47 Å². The minimum absolute atomic E-state index is 0.00531. The highest BCUT2D eigenvalue weighted by Gasteiger charge is 2.28. The lowest BCUT2D eigenvalue weighted by Crippen LogP contribution is -2.41. The van der Waals surface area contributed by atoms with Crippen molar-refractivity contribution in [3.8, 4) is 0 Å². The summed E-state index contributed by atoms with van der Waals surface area (Å²) in [7, 11) is 2.00. The number of carbonyl (C=O) groups excluding carboxylic acids is 2. The van der Waals surface area contributed by atoms with Crippen LogP contribution in [0.1, 0.15) is 28.3 Å². The van der Waals surface area contributed by atoms with Gasteiger partial charge in [-0.25, -0.2) is 0 Å². The third-order valence-electron chi connectivity index (χ3n) is 5.43. The van der Waals surface area contributed by atoms with E-state index in [1.807, 2.05) is 72.4 Å². The van der Waals surface area contributed by atoms with Crippen LogP contribution >= 0.6 is 0 Å². The second-order valence-electron chi connectivity index (χ2n) is 7.23. The summed E-state index contributed by atoms with van der Waals surface area (Å²) in [5.74, 6) is -0.509. The number of hydrogen-bond acceptors (Lipinski definition) is 3. The van der Waals surface area contributed by atoms with Crippen LogP contribution in [0.2, 0.25) is 0 Å². The molecule has 0 N–H and O–H groups in total. The Morgan fingerprint density at radius 3 is 2.54 bits per heavy atom. The predicted octanol–water partition coefficient (Wildman–Crippen LogP) is 3.39. The molecule has 3 aromatic rings. The summed E-state index contributed by atoms with van der Waals surface area (Å²) in [4.78, 5) is 28.0. The van der Waals surface area contributed by atoms with Crippen molar-refractivity contribution in [2.24, 2.45) is 7.05 Å². The average molecular weight is 376 g/mol. The van der Waals surface area contributed by atoms with Crippen molar-refractivity contribution >= 4 is 22.6 Å². The van der Waals surface area contributed by atoms with Gasteiger partial charge in [-0.1, -0.05) is 36.4 Å². The molecular weight excluding hydrogens is 352 g/mol. The lowest BCUT2D eigenvalue weighted by Gasteiger charge is -2.28. The van der Waals surface area contributed by atoms with Crippen LogP contribution in [0.4, 0.5) is 0 Å². The van der Waals surface area contributed by atoms with E-state index in [9.17, 15) is 9.59 Å². The molecule has 5 heteroatoms. The number of fused-ring (bicyclic) bond motifs is 1. The summed E-state index contributed by atoms with van der Waals surface area (Å²) >= 11 is 0. The number of benzene rings is 2. The predicted molar refractivity (Wildman–Crippen MR) is 108 cm³/mol. The molecule has 5 nitrogen and oxygen atoms in total. The SMILES string of the molecule is Cn1ccc2cc(C(CC(=O)N3CCOCC3)C(=O)c3ccccc3)ccc21. The molecule has 1 atom stereocenters. The van der Waals surface area contributed by atoms with Gasteiger partial charge in [0.05, 0.1) is 19.1 Å². The van der Waals surface area contributed by atoms with E-state index in [-0.39, 0.29) is 18.1 Å². The van der Waals surface area contributed by atoms with Gasteiger partial charge in [0.25, 0.3) is 0 Å². The monoisotopic (exact) mass is 376 g/mol. The van der Waals surface area contributed by atoms with Crippen LogP contribution in [0.5, 0.6) is 0 Å². The highest BCUT2D eigenvalue weighted by Crippen LogP contribution is 2.29. The molecule has 1 aliphatic heterocycles. The van der Waals surface area contributed by atoms with Gasteiger partial charge in [-0.3, -0.25) is 9.59 Å². The molecule has 0 spiro atoms. The van der Waals surface area contributed by atoms with Crippen molar-refractivity contribution in [2.75, 3.05) is 26.3 Å². The molecule has 0 saturated carbocycles. The number of hydrogen-bond donors (Lipinski definition) is 0. The van der Waals surface area contributed by atoms with Crippen LogP contribution in [0, 0.1) is 0 Å². The third-order valence-corrected chi connectivity index (χ3v) is 5.43. The lowest BCUT2D eigenvalue weighted by molar-refractivity contribution is -0.135. The van der Waals surface area contributed by atoms with Crippen molar-refractivity contribution in [3.05, 3.63) is 71.9 Å². The fourth-order valence-electron chi connectivity index (χ4n) is 3.80. The van der Waals surface area contributed by atoms with Gasteiger partial charge in [0.2, 0.25) is 5.91 Å². The molecule has 0 radical (unpaired) electrons. The molecule has 2 aromatic carbocycles. The zero-order valence-electron chi connectivity index (χ0n) is 16.0. The molecule has 1 aromatic heterocycles. The van der Waals surface area contributed by atoms with Gasteiger partial charge in [-0.2, -0.15) is 0 Å². The molecule has 1 amide bonds. The molecular formula is C23H24N2O3. The van der Waals surface area contributed by atoms with Crippen LogP contribution in [-0.2, 0) is 16.6 Å². The maximum absolute atomic E-state index is 13.3. The van der Waals surface area contributed by atoms with Crippen LogP contribution < -0.4 is 0 Å². The Morgan fingerprint density at radius 1 is 1.04 bits per heavy atom. The normalized spacial score (nSPS) is 15.5. The number of ketones is 1. The summed E-state index contributed by atoms with van der Waals surface area (Å²) in [6.45, 7) is 2.28. The number of ether oxygens (including phenoxy) is 1. The number of carbonyl (C=O) groups is 2. The number of aromatic nitrogens is 1. The molecule has 1 saturated heterocycles. The zero-order chi connectivity index (χ0) is 19.5. The molecule has 0 bridgehead atoms. The summed E-state index contributed by atoms with van der Waals surface area (Å²) in [6.07, 6.45) is 2.17. The van der Waals surface area contributed by atoms with Crippen LogP contribution in [-0.4, -0.2) is 47.5 Å². The first kappa shape index (κ1) is 18.4. The van der Waals surface area contributed by atoms with Gasteiger partial charge in [-0.15, -0.1) is 0 Å². The minimum atomic E-state index is -0.498. The molecule has 144 valence electrons. The first-order chi connectivity index (χ1) is 13.6. The van der Waals surface area contributed by atoms with E-state index in [2.05, 4.69) is 0 Å². The standard InChI is InChI=1S/C23H24N2O3/c1-24-10-9-19-15-18(7-8-21(19)24)20(23(27)17-5-3-2-4-6-17)16-22(26)25-11-13-28-14-12-25/h2-10,15,20H,11-14,16H2,1H3. The quantitative estimate of drug-likeness (QED) is 0.642. The number of amides is 1. The van der Waals surface area contributed by atoms with E-state index in [0.29, 0.717) is 31.9 Å². The number of rotatable bonds is 5. The minimum Gasteiger partial charge on any atom is -0.378 e. The maximum atomic E-state index is 13.3. The Kier molecular flexibility index (Phi) is 5.26. The molecule has 1 aliphatic rings. The fourth-order valence-corrected chi connectivity index (χ4v) is 3.80. The highest BCUT2D eigenvalue weighted by atomic mass is 16.5. The van der Waals surface area contributed by atoms with Crippen molar-refractivity contribution in [1.29, 1.82) is 0 Å². The van der Waals surface area contributed by atoms with Gasteiger partial charge < -0.3 is 14.2 Å². The first-order valence-corrected chi connectivity index (χ1v) is 9.63. The van der Waals surface area contributed by atoms with Crippen LogP contribution in [0.25, 0.3) is 10.9 Å². The second kappa shape index (κ2) is 7.98. The summed E-state index contributed by atoms with van der Waals surface area (Å²) in [6, 6.07) is 17.3. The molecule has 1 unspecified atom stereocenters. The lowest BCUT2D eigenvalue weighted by atomic mass is 9.87. The summed E-state index contributed by atoms with van der Waals surface area (Å²) in [5, 5.41) is 1.07. The largest absolute Gasteiger partial charge is 0.378 e. The number of aryl methyl sites for hydroxylation is 1. The van der Waals surface area contributed by atoms with Crippen LogP contribution in [0.3, 0.4) is 0 Å². The zero-order valence-corrected chi connectivity index (χ0v) is 16.0. The van der Waals surface area contributed by atoms with Gasteiger partial charge >= 0.3 is 0 Å². The topological polar surface area (TPSA) is 51.5 Å². The van der Waals surface area contributed by atoms with Gasteiger partial charge in [-0.05, 0) is 29.1 Å². The summed E-state index contributed by atoms with van der Waals surface area (Å²) < 4.78 is 7.39. The van der Waals surface area contributed by atoms with E-state index in [4.69, 9.17) is 4.74 Å². The van der Waals surface area contributed by atoms with Crippen LogP contribution in [0.15, 0.2) is 60.8 Å². The molecule has 28 heavy (non-hydrogen) atoms. The van der Waals surface area contributed by atoms with Crippen molar-refractivity contribution in [3.63, 3.8) is 0 Å². The Hall–Kier alpha value is -2.92. The number of morpholine rings is 1. The fraction of sp³-hybridized carbons (Fsp3) is 0.304. The van der Waals surface area contributed by atoms with Crippen molar-refractivity contribution in [2.45, 2.75) is 12.3 Å². The van der Waals surface area contributed by atoms with E-state index < -0.39 is 5.92 Å². The van der Waals surface area contributed by atoms with E-state index in [0.717, 1.165) is 16.5 Å². The molecule has 0 aliphatic carbocycles. The van der Waals surface area contributed by atoms with Gasteiger partial charge in [0.15, 0.2) is 5.78 Å². The Labute approximate surface area is 164 Å². The first-order valence-electron chi connectivity index (χ1n) is 9.63. The van der Waals surface area contributed by atoms with E-state index in [1.165, 1.54) is 0 Å². The summed E-state index contributed by atoms with van der Waals surface area (Å²) in [5.41, 5.74) is 2.62. The van der Waals surface area contributed by atoms with E-state index in [1.54, 1.807) is 4.90 Å². The third kappa shape index (κ3) is 3.71. The molecule has 2 heterocycles. The number of Topliss-reactive ketones (excluding diaryl/α,β-unsaturated/α-hetero) is 1. The van der Waals surface area contributed by atoms with Gasteiger partial charge in [0.1, 0.15) is 0 Å². The van der Waals surface area contributed by atoms with E-state index >= 15 is 0 Å². The average Bonchev–Trinajstić information content (AvgIpc) is 3.12. The van der Waals surface area contributed by atoms with Crippen molar-refractivity contribution < 1.29 is 14.3 Å². The highest BCUT2D eigenvalue weighted by molar-refractivity contribution is 6.03. The second-order valence-corrected chi connectivity index (χ2v) is 7.23. The Balaban J connectivity index is 1.67. The molecule has 4 rings (SSSR count). The van der Waals surface area contributed by atoms with Gasteiger partial charge in [0, 0.05) is 43.8 Å². The molecule has 1 fully saturated rings. The number of nitrogens with zero attached hydrogens (tertiary/aromatic N) is 2. The Bertz CT molecular complexity index is 988. The maximum Gasteiger partial charge on any atom is 0.223 e.